The minimum Gasteiger partial charge on any atom is -0.368 e. The summed E-state index contributed by atoms with van der Waals surface area (Å²) in [5.41, 5.74) is 1.24. The second kappa shape index (κ2) is 6.69. The van der Waals surface area contributed by atoms with E-state index in [4.69, 9.17) is 0 Å². The molecule has 3 rings (SSSR count). The number of anilines is 1. The minimum absolute atomic E-state index is 0.256. The first kappa shape index (κ1) is 14.7. The summed E-state index contributed by atoms with van der Waals surface area (Å²) in [6, 6.07) is 14.7. The van der Waals surface area contributed by atoms with E-state index in [9.17, 15) is 4.79 Å². The summed E-state index contributed by atoms with van der Waals surface area (Å²) in [5, 5.41) is 0. The molecule has 1 aromatic carbocycles. The third-order valence-corrected chi connectivity index (χ3v) is 4.32. The predicted octanol–water partition coefficient (Wildman–Crippen LogP) is 2.62. The first-order valence-corrected chi connectivity index (χ1v) is 7.94. The van der Waals surface area contributed by atoms with Crippen molar-refractivity contribution in [2.75, 3.05) is 24.5 Å². The van der Waals surface area contributed by atoms with E-state index in [0.717, 1.165) is 26.2 Å². The highest BCUT2D eigenvalue weighted by molar-refractivity contribution is 5.76. The maximum absolute atomic E-state index is 12.4. The number of aryl methyl sites for hydroxylation is 1. The Balaban J connectivity index is 1.55. The van der Waals surface area contributed by atoms with Gasteiger partial charge in [0.1, 0.15) is 0 Å². The number of benzene rings is 1. The van der Waals surface area contributed by atoms with Gasteiger partial charge < -0.3 is 14.4 Å². The van der Waals surface area contributed by atoms with E-state index in [-0.39, 0.29) is 11.9 Å². The second-order valence-corrected chi connectivity index (χ2v) is 5.89. The van der Waals surface area contributed by atoms with Crippen LogP contribution in [0.1, 0.15) is 13.3 Å². The fourth-order valence-electron chi connectivity index (χ4n) is 3.09. The molecule has 1 saturated heterocycles. The van der Waals surface area contributed by atoms with Gasteiger partial charge in [-0.1, -0.05) is 18.2 Å². The van der Waals surface area contributed by atoms with Crippen molar-refractivity contribution in [3.8, 4) is 0 Å². The molecule has 0 spiro atoms. The molecule has 2 aromatic rings. The predicted molar refractivity (Wildman–Crippen MR) is 88.9 cm³/mol. The first-order chi connectivity index (χ1) is 10.7. The van der Waals surface area contributed by atoms with Gasteiger partial charge in [-0.25, -0.2) is 0 Å². The number of hydrogen-bond donors (Lipinski definition) is 0. The maximum Gasteiger partial charge on any atom is 0.224 e. The van der Waals surface area contributed by atoms with E-state index >= 15 is 0 Å². The number of piperazine rings is 1. The SMILES string of the molecule is C[C@@H]1CN(c2ccccc2)CCN1C(=O)CCn1cccc1. The van der Waals surface area contributed by atoms with Crippen molar-refractivity contribution in [1.29, 1.82) is 0 Å². The van der Waals surface area contributed by atoms with Crippen molar-refractivity contribution in [2.24, 2.45) is 0 Å². The summed E-state index contributed by atoms with van der Waals surface area (Å²) in [7, 11) is 0. The Bertz CT molecular complexity index is 594. The summed E-state index contributed by atoms with van der Waals surface area (Å²) in [4.78, 5) is 16.8. The quantitative estimate of drug-likeness (QED) is 0.868. The molecule has 4 nitrogen and oxygen atoms in total. The topological polar surface area (TPSA) is 28.5 Å². The van der Waals surface area contributed by atoms with Gasteiger partial charge >= 0.3 is 0 Å². The molecule has 116 valence electrons. The van der Waals surface area contributed by atoms with Gasteiger partial charge in [0, 0.05) is 56.7 Å². The molecular weight excluding hydrogens is 274 g/mol. The first-order valence-electron chi connectivity index (χ1n) is 7.94. The molecule has 0 saturated carbocycles. The van der Waals surface area contributed by atoms with Crippen LogP contribution in [0.4, 0.5) is 5.69 Å². The van der Waals surface area contributed by atoms with Gasteiger partial charge in [-0.2, -0.15) is 0 Å². The Labute approximate surface area is 132 Å². The molecule has 1 aromatic heterocycles. The number of para-hydroxylation sites is 1. The number of amides is 1. The zero-order valence-electron chi connectivity index (χ0n) is 13.1. The molecule has 0 radical (unpaired) electrons. The van der Waals surface area contributed by atoms with Crippen molar-refractivity contribution < 1.29 is 4.79 Å². The lowest BCUT2D eigenvalue weighted by Gasteiger charge is -2.41. The van der Waals surface area contributed by atoms with Gasteiger partial charge in [0.15, 0.2) is 0 Å². The van der Waals surface area contributed by atoms with Crippen LogP contribution in [0.5, 0.6) is 0 Å². The largest absolute Gasteiger partial charge is 0.368 e. The summed E-state index contributed by atoms with van der Waals surface area (Å²) in [6.45, 7) is 5.52. The third kappa shape index (κ3) is 3.32. The fourth-order valence-corrected chi connectivity index (χ4v) is 3.09. The molecule has 22 heavy (non-hydrogen) atoms. The van der Waals surface area contributed by atoms with Crippen LogP contribution in [0.25, 0.3) is 0 Å². The van der Waals surface area contributed by atoms with E-state index in [2.05, 4.69) is 40.7 Å². The molecule has 0 aliphatic carbocycles. The Kier molecular flexibility index (Phi) is 4.47. The average Bonchev–Trinajstić information content (AvgIpc) is 3.07. The van der Waals surface area contributed by atoms with Crippen LogP contribution in [0, 0.1) is 0 Å². The van der Waals surface area contributed by atoms with Crippen molar-refractivity contribution in [2.45, 2.75) is 25.9 Å². The average molecular weight is 297 g/mol. The highest BCUT2D eigenvalue weighted by Crippen LogP contribution is 2.19. The monoisotopic (exact) mass is 297 g/mol. The Morgan fingerprint density at radius 1 is 1.09 bits per heavy atom. The molecule has 1 amide bonds. The summed E-state index contributed by atoms with van der Waals surface area (Å²) in [6.07, 6.45) is 4.58. The van der Waals surface area contributed by atoms with Crippen LogP contribution in [-0.4, -0.2) is 41.1 Å². The molecule has 2 heterocycles. The zero-order chi connectivity index (χ0) is 15.4. The smallest absolute Gasteiger partial charge is 0.224 e. The Hall–Kier alpha value is -2.23. The molecule has 1 aliphatic heterocycles. The van der Waals surface area contributed by atoms with E-state index < -0.39 is 0 Å². The molecule has 0 N–H and O–H groups in total. The van der Waals surface area contributed by atoms with Crippen molar-refractivity contribution in [3.63, 3.8) is 0 Å². The summed E-state index contributed by atoms with van der Waals surface area (Å²) in [5.74, 6) is 0.258. The molecule has 1 fully saturated rings. The van der Waals surface area contributed by atoms with Crippen LogP contribution in [0.2, 0.25) is 0 Å². The van der Waals surface area contributed by atoms with Crippen molar-refractivity contribution >= 4 is 11.6 Å². The van der Waals surface area contributed by atoms with Gasteiger partial charge in [0.05, 0.1) is 0 Å². The van der Waals surface area contributed by atoms with Crippen LogP contribution < -0.4 is 4.90 Å². The second-order valence-electron chi connectivity index (χ2n) is 5.89. The number of aromatic nitrogens is 1. The minimum atomic E-state index is 0.256. The van der Waals surface area contributed by atoms with Crippen LogP contribution in [0.3, 0.4) is 0 Å². The molecule has 4 heteroatoms. The lowest BCUT2D eigenvalue weighted by atomic mass is 10.1. The van der Waals surface area contributed by atoms with Crippen molar-refractivity contribution in [1.82, 2.24) is 9.47 Å². The summed E-state index contributed by atoms with van der Waals surface area (Å²) >= 11 is 0. The normalized spacial score (nSPS) is 18.5. The highest BCUT2D eigenvalue weighted by atomic mass is 16.2. The standard InChI is InChI=1S/C18H23N3O/c1-16-15-20(17-7-3-2-4-8-17)13-14-21(16)18(22)9-12-19-10-5-6-11-19/h2-8,10-11,16H,9,12-15H2,1H3/t16-/m1/s1. The number of nitrogens with zero attached hydrogens (tertiary/aromatic N) is 3. The molecule has 0 unspecified atom stereocenters. The molecule has 1 atom stereocenters. The fraction of sp³-hybridized carbons (Fsp3) is 0.389. The van der Waals surface area contributed by atoms with Gasteiger partial charge in [-0.05, 0) is 31.2 Å². The highest BCUT2D eigenvalue weighted by Gasteiger charge is 2.27. The number of rotatable bonds is 4. The van der Waals surface area contributed by atoms with Gasteiger partial charge in [0.25, 0.3) is 0 Å². The Morgan fingerprint density at radius 3 is 2.50 bits per heavy atom. The number of carbonyl (C=O) groups excluding carboxylic acids is 1. The van der Waals surface area contributed by atoms with Crippen LogP contribution >= 0.6 is 0 Å². The lowest BCUT2D eigenvalue weighted by molar-refractivity contribution is -0.133. The molecule has 1 aliphatic rings. The number of hydrogen-bond acceptors (Lipinski definition) is 2. The lowest BCUT2D eigenvalue weighted by Crippen LogP contribution is -2.54. The zero-order valence-corrected chi connectivity index (χ0v) is 13.1. The number of carbonyl (C=O) groups is 1. The molecular formula is C18H23N3O. The van der Waals surface area contributed by atoms with E-state index in [0.29, 0.717) is 6.42 Å². The van der Waals surface area contributed by atoms with E-state index in [1.165, 1.54) is 5.69 Å². The Morgan fingerprint density at radius 2 is 1.82 bits per heavy atom. The van der Waals surface area contributed by atoms with E-state index in [1.54, 1.807) is 0 Å². The summed E-state index contributed by atoms with van der Waals surface area (Å²) < 4.78 is 2.06. The third-order valence-electron chi connectivity index (χ3n) is 4.32. The van der Waals surface area contributed by atoms with Gasteiger partial charge in [-0.3, -0.25) is 4.79 Å². The van der Waals surface area contributed by atoms with E-state index in [1.807, 2.05) is 35.5 Å². The van der Waals surface area contributed by atoms with Crippen LogP contribution in [0.15, 0.2) is 54.9 Å². The van der Waals surface area contributed by atoms with Gasteiger partial charge in [-0.15, -0.1) is 0 Å². The van der Waals surface area contributed by atoms with Crippen LogP contribution in [-0.2, 0) is 11.3 Å². The van der Waals surface area contributed by atoms with Crippen molar-refractivity contribution in [3.05, 3.63) is 54.9 Å². The maximum atomic E-state index is 12.4. The molecule has 0 bridgehead atoms. The van der Waals surface area contributed by atoms with Gasteiger partial charge in [0.2, 0.25) is 5.91 Å².